The van der Waals surface area contributed by atoms with E-state index in [0.717, 1.165) is 27.5 Å². The molecule has 0 spiro atoms. The molecule has 1 aromatic heterocycles. The van der Waals surface area contributed by atoms with Crippen LogP contribution in [0.15, 0.2) is 22.7 Å². The van der Waals surface area contributed by atoms with E-state index in [1.54, 1.807) is 0 Å². The number of halogens is 1. The largest absolute Gasteiger partial charge is 0.364 e. The van der Waals surface area contributed by atoms with Gasteiger partial charge in [0.25, 0.3) is 0 Å². The second-order valence-electron chi connectivity index (χ2n) is 3.59. The van der Waals surface area contributed by atoms with Gasteiger partial charge in [0.05, 0.1) is 5.56 Å². The van der Waals surface area contributed by atoms with Crippen LogP contribution < -0.4 is 4.90 Å². The van der Waals surface area contributed by atoms with Crippen LogP contribution in [0.2, 0.25) is 0 Å². The van der Waals surface area contributed by atoms with Gasteiger partial charge in [-0.2, -0.15) is 0 Å². The SMILES string of the molecule is CN(C)c1[nH]c2cc(Br)ccc2c1C=O. The van der Waals surface area contributed by atoms with Crippen molar-refractivity contribution in [3.8, 4) is 0 Å². The smallest absolute Gasteiger partial charge is 0.154 e. The maximum atomic E-state index is 11.0. The van der Waals surface area contributed by atoms with Gasteiger partial charge in [0.2, 0.25) is 0 Å². The first-order valence-electron chi connectivity index (χ1n) is 4.57. The molecule has 0 saturated carbocycles. The number of hydrogen-bond acceptors (Lipinski definition) is 2. The fourth-order valence-corrected chi connectivity index (χ4v) is 2.01. The summed E-state index contributed by atoms with van der Waals surface area (Å²) in [5.74, 6) is 0.845. The van der Waals surface area contributed by atoms with Crippen molar-refractivity contribution in [2.45, 2.75) is 0 Å². The predicted octanol–water partition coefficient (Wildman–Crippen LogP) is 2.81. The lowest BCUT2D eigenvalue weighted by atomic mass is 10.2. The Bertz CT molecular complexity index is 517. The van der Waals surface area contributed by atoms with Gasteiger partial charge >= 0.3 is 0 Å². The van der Waals surface area contributed by atoms with E-state index in [4.69, 9.17) is 0 Å². The number of nitrogens with one attached hydrogen (secondary N) is 1. The number of aromatic amines is 1. The lowest BCUT2D eigenvalue weighted by Gasteiger charge is -2.09. The van der Waals surface area contributed by atoms with Gasteiger partial charge < -0.3 is 9.88 Å². The Morgan fingerprint density at radius 1 is 1.40 bits per heavy atom. The van der Waals surface area contributed by atoms with E-state index in [-0.39, 0.29) is 0 Å². The van der Waals surface area contributed by atoms with Gasteiger partial charge in [-0.05, 0) is 12.1 Å². The number of nitrogens with zero attached hydrogens (tertiary/aromatic N) is 1. The topological polar surface area (TPSA) is 36.1 Å². The number of benzene rings is 1. The van der Waals surface area contributed by atoms with Crippen molar-refractivity contribution in [3.63, 3.8) is 0 Å². The fourth-order valence-electron chi connectivity index (χ4n) is 1.65. The maximum absolute atomic E-state index is 11.0. The minimum absolute atomic E-state index is 0.711. The Morgan fingerprint density at radius 2 is 2.13 bits per heavy atom. The number of carbonyl (C=O) groups excluding carboxylic acids is 1. The van der Waals surface area contributed by atoms with E-state index in [1.165, 1.54) is 0 Å². The lowest BCUT2D eigenvalue weighted by Crippen LogP contribution is -2.10. The predicted molar refractivity (Wildman–Crippen MR) is 65.7 cm³/mol. The monoisotopic (exact) mass is 266 g/mol. The molecule has 4 heteroatoms. The molecule has 0 amide bonds. The van der Waals surface area contributed by atoms with Gasteiger partial charge in [0.1, 0.15) is 5.82 Å². The van der Waals surface area contributed by atoms with Crippen molar-refractivity contribution in [1.29, 1.82) is 0 Å². The number of aromatic nitrogens is 1. The normalized spacial score (nSPS) is 10.6. The van der Waals surface area contributed by atoms with E-state index < -0.39 is 0 Å². The van der Waals surface area contributed by atoms with Crippen molar-refractivity contribution in [2.75, 3.05) is 19.0 Å². The number of hydrogen-bond donors (Lipinski definition) is 1. The number of anilines is 1. The Morgan fingerprint density at radius 3 is 2.73 bits per heavy atom. The van der Waals surface area contributed by atoms with Crippen LogP contribution >= 0.6 is 15.9 Å². The summed E-state index contributed by atoms with van der Waals surface area (Å²) in [6.45, 7) is 0. The summed E-state index contributed by atoms with van der Waals surface area (Å²) in [6.07, 6.45) is 0.891. The van der Waals surface area contributed by atoms with Crippen molar-refractivity contribution in [1.82, 2.24) is 4.98 Å². The second kappa shape index (κ2) is 3.70. The standard InChI is InChI=1S/C11H11BrN2O/c1-14(2)11-9(6-15)8-4-3-7(12)5-10(8)13-11/h3-6,13H,1-2H3. The van der Waals surface area contributed by atoms with Crippen molar-refractivity contribution < 1.29 is 4.79 Å². The molecule has 0 unspecified atom stereocenters. The van der Waals surface area contributed by atoms with E-state index in [1.807, 2.05) is 37.2 Å². The highest BCUT2D eigenvalue weighted by molar-refractivity contribution is 9.10. The van der Waals surface area contributed by atoms with Crippen LogP contribution in [0.5, 0.6) is 0 Å². The number of aldehydes is 1. The molecule has 1 aromatic carbocycles. The first-order chi connectivity index (χ1) is 7.13. The summed E-state index contributed by atoms with van der Waals surface area (Å²) >= 11 is 3.40. The molecule has 15 heavy (non-hydrogen) atoms. The summed E-state index contributed by atoms with van der Waals surface area (Å²) in [4.78, 5) is 16.2. The van der Waals surface area contributed by atoms with Crippen LogP contribution in [-0.4, -0.2) is 25.4 Å². The first kappa shape index (κ1) is 10.2. The zero-order chi connectivity index (χ0) is 11.0. The highest BCUT2D eigenvalue weighted by Gasteiger charge is 2.11. The molecule has 0 atom stereocenters. The molecular weight excluding hydrogens is 256 g/mol. The number of carbonyl (C=O) groups is 1. The number of H-pyrrole nitrogens is 1. The molecule has 0 bridgehead atoms. The number of rotatable bonds is 2. The molecule has 78 valence electrons. The van der Waals surface area contributed by atoms with Crippen LogP contribution in [0.3, 0.4) is 0 Å². The van der Waals surface area contributed by atoms with Gasteiger partial charge in [-0.25, -0.2) is 0 Å². The molecule has 0 aliphatic carbocycles. The quantitative estimate of drug-likeness (QED) is 0.849. The molecule has 0 radical (unpaired) electrons. The van der Waals surface area contributed by atoms with Crippen molar-refractivity contribution in [2.24, 2.45) is 0 Å². The Hall–Kier alpha value is -1.29. The molecule has 2 rings (SSSR count). The average Bonchev–Trinajstić information content (AvgIpc) is 2.55. The average molecular weight is 267 g/mol. The van der Waals surface area contributed by atoms with Gasteiger partial charge in [-0.3, -0.25) is 4.79 Å². The third-order valence-electron chi connectivity index (χ3n) is 2.35. The molecule has 1 N–H and O–H groups in total. The van der Waals surface area contributed by atoms with E-state index in [9.17, 15) is 4.79 Å². The molecule has 0 aliphatic heterocycles. The first-order valence-corrected chi connectivity index (χ1v) is 5.36. The molecule has 1 heterocycles. The van der Waals surface area contributed by atoms with Crippen LogP contribution in [0, 0.1) is 0 Å². The molecule has 0 aliphatic rings. The third-order valence-corrected chi connectivity index (χ3v) is 2.84. The van der Waals surface area contributed by atoms with E-state index >= 15 is 0 Å². The zero-order valence-electron chi connectivity index (χ0n) is 8.54. The number of fused-ring (bicyclic) bond motifs is 1. The molecule has 0 saturated heterocycles. The molecular formula is C11H11BrN2O. The van der Waals surface area contributed by atoms with E-state index in [0.29, 0.717) is 5.56 Å². The molecule has 0 fully saturated rings. The Kier molecular flexibility index (Phi) is 2.52. The van der Waals surface area contributed by atoms with Crippen molar-refractivity contribution >= 4 is 38.9 Å². The Labute approximate surface area is 96.2 Å². The van der Waals surface area contributed by atoms with Gasteiger partial charge in [-0.15, -0.1) is 0 Å². The van der Waals surface area contributed by atoms with Crippen LogP contribution in [-0.2, 0) is 0 Å². The maximum Gasteiger partial charge on any atom is 0.154 e. The summed E-state index contributed by atoms with van der Waals surface area (Å²) in [5, 5.41) is 0.955. The Balaban J connectivity index is 2.78. The zero-order valence-corrected chi connectivity index (χ0v) is 10.1. The second-order valence-corrected chi connectivity index (χ2v) is 4.51. The minimum atomic E-state index is 0.711. The highest BCUT2D eigenvalue weighted by atomic mass is 79.9. The van der Waals surface area contributed by atoms with Gasteiger partial charge in [0.15, 0.2) is 6.29 Å². The summed E-state index contributed by atoms with van der Waals surface area (Å²) < 4.78 is 0.999. The molecule has 2 aromatic rings. The summed E-state index contributed by atoms with van der Waals surface area (Å²) in [5.41, 5.74) is 1.68. The van der Waals surface area contributed by atoms with Gasteiger partial charge in [-0.1, -0.05) is 22.0 Å². The van der Waals surface area contributed by atoms with E-state index in [2.05, 4.69) is 20.9 Å². The fraction of sp³-hybridized carbons (Fsp3) is 0.182. The lowest BCUT2D eigenvalue weighted by molar-refractivity contribution is 0.112. The van der Waals surface area contributed by atoms with Crippen LogP contribution in [0.4, 0.5) is 5.82 Å². The van der Waals surface area contributed by atoms with Gasteiger partial charge in [0, 0.05) is 29.5 Å². The third kappa shape index (κ3) is 1.65. The minimum Gasteiger partial charge on any atom is -0.364 e. The highest BCUT2D eigenvalue weighted by Crippen LogP contribution is 2.28. The van der Waals surface area contributed by atoms with Crippen molar-refractivity contribution in [3.05, 3.63) is 28.2 Å². The van der Waals surface area contributed by atoms with Crippen LogP contribution in [0.25, 0.3) is 10.9 Å². The van der Waals surface area contributed by atoms with Crippen LogP contribution in [0.1, 0.15) is 10.4 Å². The molecule has 3 nitrogen and oxygen atoms in total. The summed E-state index contributed by atoms with van der Waals surface area (Å²) in [7, 11) is 3.82. The summed E-state index contributed by atoms with van der Waals surface area (Å²) in [6, 6.07) is 5.84.